The maximum absolute atomic E-state index is 4.42. The Balaban J connectivity index is 0.000000720. The lowest BCUT2D eigenvalue weighted by Gasteiger charge is -1.94. The van der Waals surface area contributed by atoms with Gasteiger partial charge in [-0.15, -0.1) is 12.4 Å². The summed E-state index contributed by atoms with van der Waals surface area (Å²) in [5, 5.41) is 3.34. The van der Waals surface area contributed by atoms with Crippen molar-refractivity contribution in [2.24, 2.45) is 0 Å². The average Bonchev–Trinajstić information content (AvgIpc) is 2.17. The van der Waals surface area contributed by atoms with Crippen LogP contribution in [-0.2, 0) is 12.8 Å². The van der Waals surface area contributed by atoms with Gasteiger partial charge in [0.25, 0.3) is 0 Å². The average molecular weight is 188 g/mol. The van der Waals surface area contributed by atoms with Crippen molar-refractivity contribution in [2.75, 3.05) is 13.1 Å². The minimum Gasteiger partial charge on any atom is -0.346 e. The molecule has 0 unspecified atom stereocenters. The zero-order chi connectivity index (χ0) is 7.68. The Labute approximate surface area is 78.4 Å². The van der Waals surface area contributed by atoms with Crippen LogP contribution in [0.4, 0.5) is 0 Å². The molecule has 0 aromatic carbocycles. The van der Waals surface area contributed by atoms with Crippen molar-refractivity contribution in [2.45, 2.75) is 19.8 Å². The number of nitrogens with one attached hydrogen (secondary N) is 2. The van der Waals surface area contributed by atoms with E-state index in [0.717, 1.165) is 31.8 Å². The number of hydrogen-bond donors (Lipinski definition) is 2. The topological polar surface area (TPSA) is 40.7 Å². The van der Waals surface area contributed by atoms with Gasteiger partial charge in [-0.2, -0.15) is 0 Å². The highest BCUT2D eigenvalue weighted by atomic mass is 35.5. The van der Waals surface area contributed by atoms with E-state index in [2.05, 4.69) is 15.3 Å². The summed E-state index contributed by atoms with van der Waals surface area (Å²) in [7, 11) is 0. The van der Waals surface area contributed by atoms with Crippen LogP contribution in [0.25, 0.3) is 0 Å². The first-order valence-corrected chi connectivity index (χ1v) is 4.11. The number of aromatic nitrogens is 2. The van der Waals surface area contributed by atoms with Gasteiger partial charge in [0, 0.05) is 31.6 Å². The fourth-order valence-corrected chi connectivity index (χ4v) is 1.55. The summed E-state index contributed by atoms with van der Waals surface area (Å²) in [5.41, 5.74) is 2.58. The fraction of sp³-hybridized carbons (Fsp3) is 0.625. The molecule has 12 heavy (non-hydrogen) atoms. The van der Waals surface area contributed by atoms with Gasteiger partial charge in [0.1, 0.15) is 5.82 Å². The molecule has 0 aliphatic carbocycles. The first kappa shape index (κ1) is 9.55. The standard InChI is InChI=1S/C8H13N3.ClH/c1-6-10-7-2-4-9-5-3-8(7)11-6;/h9H,2-5H2,1H3,(H,10,11);1H. The first-order valence-electron chi connectivity index (χ1n) is 4.11. The van der Waals surface area contributed by atoms with Crippen molar-refractivity contribution in [1.82, 2.24) is 15.3 Å². The summed E-state index contributed by atoms with van der Waals surface area (Å²) in [5.74, 6) is 1.05. The zero-order valence-electron chi connectivity index (χ0n) is 7.18. The number of imidazole rings is 1. The molecule has 1 aliphatic heterocycles. The molecule has 0 atom stereocenters. The van der Waals surface area contributed by atoms with Crippen molar-refractivity contribution >= 4 is 12.4 Å². The van der Waals surface area contributed by atoms with E-state index in [1.54, 1.807) is 0 Å². The van der Waals surface area contributed by atoms with Crippen LogP contribution in [0.15, 0.2) is 0 Å². The number of fused-ring (bicyclic) bond motifs is 1. The Kier molecular flexibility index (Phi) is 3.12. The van der Waals surface area contributed by atoms with E-state index >= 15 is 0 Å². The quantitative estimate of drug-likeness (QED) is 0.632. The molecule has 1 aliphatic rings. The van der Waals surface area contributed by atoms with Crippen molar-refractivity contribution in [1.29, 1.82) is 0 Å². The molecule has 0 saturated heterocycles. The lowest BCUT2D eigenvalue weighted by Crippen LogP contribution is -2.16. The van der Waals surface area contributed by atoms with Gasteiger partial charge >= 0.3 is 0 Å². The molecule has 2 heterocycles. The number of halogens is 1. The molecule has 0 bridgehead atoms. The Morgan fingerprint density at radius 2 is 2.00 bits per heavy atom. The van der Waals surface area contributed by atoms with Gasteiger partial charge in [0.05, 0.1) is 5.69 Å². The molecular weight excluding hydrogens is 174 g/mol. The number of aryl methyl sites for hydroxylation is 1. The van der Waals surface area contributed by atoms with Gasteiger partial charge < -0.3 is 10.3 Å². The van der Waals surface area contributed by atoms with Crippen molar-refractivity contribution < 1.29 is 0 Å². The Morgan fingerprint density at radius 1 is 1.25 bits per heavy atom. The highest BCUT2D eigenvalue weighted by Crippen LogP contribution is 2.08. The normalized spacial score (nSPS) is 16.1. The van der Waals surface area contributed by atoms with Gasteiger partial charge in [0.2, 0.25) is 0 Å². The van der Waals surface area contributed by atoms with Gasteiger partial charge in [-0.1, -0.05) is 0 Å². The van der Waals surface area contributed by atoms with Gasteiger partial charge in [0.15, 0.2) is 0 Å². The second kappa shape index (κ2) is 3.92. The SMILES string of the molecule is Cc1nc2c([nH]1)CCNCC2.Cl. The van der Waals surface area contributed by atoms with Crippen molar-refractivity contribution in [3.63, 3.8) is 0 Å². The molecule has 0 amide bonds. The lowest BCUT2D eigenvalue weighted by molar-refractivity contribution is 0.702. The molecule has 3 nitrogen and oxygen atoms in total. The monoisotopic (exact) mass is 187 g/mol. The van der Waals surface area contributed by atoms with Crippen LogP contribution in [0, 0.1) is 6.92 Å². The van der Waals surface area contributed by atoms with Crippen LogP contribution in [0.3, 0.4) is 0 Å². The summed E-state index contributed by atoms with van der Waals surface area (Å²) < 4.78 is 0. The first-order chi connectivity index (χ1) is 5.36. The zero-order valence-corrected chi connectivity index (χ0v) is 8.00. The second-order valence-electron chi connectivity index (χ2n) is 3.00. The minimum atomic E-state index is 0. The summed E-state index contributed by atoms with van der Waals surface area (Å²) in [6.07, 6.45) is 2.16. The fourth-order valence-electron chi connectivity index (χ4n) is 1.55. The Bertz CT molecular complexity index is 233. The van der Waals surface area contributed by atoms with Crippen LogP contribution in [0.1, 0.15) is 17.2 Å². The van der Waals surface area contributed by atoms with E-state index in [-0.39, 0.29) is 12.4 Å². The molecule has 2 N–H and O–H groups in total. The van der Waals surface area contributed by atoms with Crippen LogP contribution in [-0.4, -0.2) is 23.1 Å². The van der Waals surface area contributed by atoms with Crippen LogP contribution in [0.5, 0.6) is 0 Å². The number of hydrogen-bond acceptors (Lipinski definition) is 2. The third-order valence-corrected chi connectivity index (χ3v) is 2.07. The smallest absolute Gasteiger partial charge is 0.103 e. The largest absolute Gasteiger partial charge is 0.346 e. The molecule has 1 aromatic rings. The van der Waals surface area contributed by atoms with Gasteiger partial charge in [-0.05, 0) is 6.92 Å². The van der Waals surface area contributed by atoms with E-state index in [1.165, 1.54) is 11.4 Å². The molecular formula is C8H14ClN3. The number of rotatable bonds is 0. The third kappa shape index (κ3) is 1.79. The lowest BCUT2D eigenvalue weighted by atomic mass is 10.2. The molecule has 2 rings (SSSR count). The van der Waals surface area contributed by atoms with Crippen LogP contribution < -0.4 is 5.32 Å². The second-order valence-corrected chi connectivity index (χ2v) is 3.00. The van der Waals surface area contributed by atoms with Gasteiger partial charge in [-0.25, -0.2) is 4.98 Å². The van der Waals surface area contributed by atoms with Crippen LogP contribution in [0.2, 0.25) is 0 Å². The molecule has 0 spiro atoms. The maximum atomic E-state index is 4.42. The maximum Gasteiger partial charge on any atom is 0.103 e. The molecule has 0 fully saturated rings. The van der Waals surface area contributed by atoms with Crippen molar-refractivity contribution in [3.8, 4) is 0 Å². The highest BCUT2D eigenvalue weighted by Gasteiger charge is 2.10. The predicted molar refractivity (Wildman–Crippen MR) is 50.9 cm³/mol. The summed E-state index contributed by atoms with van der Waals surface area (Å²) in [6.45, 7) is 4.16. The molecule has 4 heteroatoms. The number of nitrogens with zero attached hydrogens (tertiary/aromatic N) is 1. The van der Waals surface area contributed by atoms with Gasteiger partial charge in [-0.3, -0.25) is 0 Å². The van der Waals surface area contributed by atoms with Crippen LogP contribution >= 0.6 is 12.4 Å². The third-order valence-electron chi connectivity index (χ3n) is 2.07. The molecule has 0 radical (unpaired) electrons. The number of aromatic amines is 1. The summed E-state index contributed by atoms with van der Waals surface area (Å²) in [6, 6.07) is 0. The van der Waals surface area contributed by atoms with E-state index in [0.29, 0.717) is 0 Å². The summed E-state index contributed by atoms with van der Waals surface area (Å²) >= 11 is 0. The van der Waals surface area contributed by atoms with Crippen molar-refractivity contribution in [3.05, 3.63) is 17.2 Å². The molecule has 68 valence electrons. The Hall–Kier alpha value is -0.540. The van der Waals surface area contributed by atoms with E-state index < -0.39 is 0 Å². The highest BCUT2D eigenvalue weighted by molar-refractivity contribution is 5.85. The Morgan fingerprint density at radius 3 is 2.83 bits per heavy atom. The van der Waals surface area contributed by atoms with E-state index in [4.69, 9.17) is 0 Å². The van der Waals surface area contributed by atoms with E-state index in [9.17, 15) is 0 Å². The summed E-state index contributed by atoms with van der Waals surface area (Å²) in [4.78, 5) is 7.70. The minimum absolute atomic E-state index is 0. The number of H-pyrrole nitrogens is 1. The molecule has 0 saturated carbocycles. The predicted octanol–water partition coefficient (Wildman–Crippen LogP) is 0.828. The van der Waals surface area contributed by atoms with E-state index in [1.807, 2.05) is 6.92 Å². The molecule has 1 aromatic heterocycles.